The van der Waals surface area contributed by atoms with Gasteiger partial charge in [-0.1, -0.05) is 31.7 Å². The van der Waals surface area contributed by atoms with Gasteiger partial charge in [-0.2, -0.15) is 0 Å². The lowest BCUT2D eigenvalue weighted by atomic mass is 9.84. The Morgan fingerprint density at radius 1 is 1.35 bits per heavy atom. The van der Waals surface area contributed by atoms with Gasteiger partial charge >= 0.3 is 0 Å². The maximum absolute atomic E-state index is 13.1. The van der Waals surface area contributed by atoms with Gasteiger partial charge in [-0.25, -0.2) is 4.98 Å². The molecule has 1 N–H and O–H groups in total. The lowest BCUT2D eigenvalue weighted by Crippen LogP contribution is -2.38. The summed E-state index contributed by atoms with van der Waals surface area (Å²) in [6, 6.07) is 11.9. The number of benzene rings is 1. The van der Waals surface area contributed by atoms with Gasteiger partial charge in [0.1, 0.15) is 18.0 Å². The second-order valence-corrected chi connectivity index (χ2v) is 6.93. The van der Waals surface area contributed by atoms with Crippen LogP contribution in [0.1, 0.15) is 30.0 Å². The average Bonchev–Trinajstić information content (AvgIpc) is 3.01. The smallest absolute Gasteiger partial charge is 0.258 e. The zero-order chi connectivity index (χ0) is 18.1. The number of rotatable bonds is 1. The molecule has 1 aromatic carbocycles. The number of aromatic nitrogens is 2. The Morgan fingerprint density at radius 2 is 2.15 bits per heavy atom. The highest BCUT2D eigenvalue weighted by molar-refractivity contribution is 5.84. The molecular formula is C21H18N2O3. The minimum absolute atomic E-state index is 0.126. The van der Waals surface area contributed by atoms with Crippen LogP contribution in [0.3, 0.4) is 0 Å². The summed E-state index contributed by atoms with van der Waals surface area (Å²) in [7, 11) is 0. The van der Waals surface area contributed by atoms with Gasteiger partial charge in [0.15, 0.2) is 0 Å². The molecule has 0 spiro atoms. The maximum atomic E-state index is 13.1. The highest BCUT2D eigenvalue weighted by Crippen LogP contribution is 2.41. The van der Waals surface area contributed by atoms with Gasteiger partial charge in [-0.15, -0.1) is 0 Å². The van der Waals surface area contributed by atoms with Crippen molar-refractivity contribution in [3.63, 3.8) is 0 Å². The zero-order valence-electron chi connectivity index (χ0n) is 14.5. The molecule has 3 aromatic rings. The minimum atomic E-state index is -1.35. The summed E-state index contributed by atoms with van der Waals surface area (Å²) in [5.74, 6) is 0.293. The van der Waals surface area contributed by atoms with Gasteiger partial charge < -0.3 is 14.4 Å². The SMILES string of the molecule is C=C1OCc2c(cc3n(c2=O)Cc2cc4ccccc4nc2-3)[C@@]1(O)CC. The summed E-state index contributed by atoms with van der Waals surface area (Å²) in [5, 5.41) is 12.1. The fraction of sp³-hybridized carbons (Fsp3) is 0.238. The predicted molar refractivity (Wildman–Crippen MR) is 98.7 cm³/mol. The monoisotopic (exact) mass is 346 g/mol. The number of nitrogens with zero attached hydrogens (tertiary/aromatic N) is 2. The summed E-state index contributed by atoms with van der Waals surface area (Å²) < 4.78 is 7.24. The molecule has 130 valence electrons. The van der Waals surface area contributed by atoms with Crippen LogP contribution in [-0.4, -0.2) is 14.7 Å². The summed E-state index contributed by atoms with van der Waals surface area (Å²) in [6.45, 7) is 6.33. The second kappa shape index (κ2) is 5.05. The molecule has 2 aliphatic heterocycles. The Bertz CT molecular complexity index is 1160. The highest BCUT2D eigenvalue weighted by Gasteiger charge is 2.41. The first-order valence-electron chi connectivity index (χ1n) is 8.73. The van der Waals surface area contributed by atoms with Crippen molar-refractivity contribution in [1.82, 2.24) is 9.55 Å². The molecule has 5 heteroatoms. The first-order valence-corrected chi connectivity index (χ1v) is 8.73. The summed E-state index contributed by atoms with van der Waals surface area (Å²) in [5.41, 5.74) is 3.08. The third-order valence-corrected chi connectivity index (χ3v) is 5.58. The van der Waals surface area contributed by atoms with Crippen LogP contribution in [0.15, 0.2) is 53.5 Å². The van der Waals surface area contributed by atoms with E-state index in [2.05, 4.69) is 12.6 Å². The lowest BCUT2D eigenvalue weighted by molar-refractivity contribution is -0.0172. The lowest BCUT2D eigenvalue weighted by Gasteiger charge is -2.35. The molecule has 0 fully saturated rings. The molecule has 0 amide bonds. The van der Waals surface area contributed by atoms with E-state index in [0.717, 1.165) is 27.9 Å². The average molecular weight is 346 g/mol. The standard InChI is InChI=1S/C21H18N2O3/c1-3-21(25)12(2)26-11-15-16(21)9-18-19-14(10-23(18)20(15)24)8-13-6-4-5-7-17(13)22-19/h4-9,25H,2-3,10-11H2,1H3/t21-/m1/s1. The van der Waals surface area contributed by atoms with Crippen LogP contribution in [0.4, 0.5) is 0 Å². The summed E-state index contributed by atoms with van der Waals surface area (Å²) in [4.78, 5) is 17.9. The molecule has 0 unspecified atom stereocenters. The molecule has 26 heavy (non-hydrogen) atoms. The second-order valence-electron chi connectivity index (χ2n) is 6.93. The number of para-hydroxylation sites is 1. The van der Waals surface area contributed by atoms with Gasteiger partial charge in [0.25, 0.3) is 5.56 Å². The number of hydrogen-bond donors (Lipinski definition) is 1. The van der Waals surface area contributed by atoms with Crippen molar-refractivity contribution in [3.8, 4) is 11.4 Å². The molecule has 0 bridgehead atoms. The zero-order valence-corrected chi connectivity index (χ0v) is 14.5. The van der Waals surface area contributed by atoms with E-state index in [0.29, 0.717) is 29.9 Å². The van der Waals surface area contributed by atoms with Crippen LogP contribution in [0.2, 0.25) is 0 Å². The molecule has 1 atom stereocenters. The Labute approximate surface area is 150 Å². The quantitative estimate of drug-likeness (QED) is 0.575. The molecular weight excluding hydrogens is 328 g/mol. The molecule has 0 saturated carbocycles. The predicted octanol–water partition coefficient (Wildman–Crippen LogP) is 3.07. The summed E-state index contributed by atoms with van der Waals surface area (Å²) in [6.07, 6.45) is 0.389. The number of aliphatic hydroxyl groups is 1. The van der Waals surface area contributed by atoms with E-state index in [9.17, 15) is 9.90 Å². The molecule has 4 heterocycles. The number of fused-ring (bicyclic) bond motifs is 5. The van der Waals surface area contributed by atoms with Gasteiger partial charge in [-0.05, 0) is 24.6 Å². The van der Waals surface area contributed by atoms with Crippen LogP contribution in [-0.2, 0) is 23.5 Å². The third kappa shape index (κ3) is 1.83. The van der Waals surface area contributed by atoms with Crippen LogP contribution < -0.4 is 5.56 Å². The van der Waals surface area contributed by atoms with Crippen LogP contribution in [0.25, 0.3) is 22.3 Å². The molecule has 0 saturated heterocycles. The van der Waals surface area contributed by atoms with Crippen molar-refractivity contribution in [2.24, 2.45) is 0 Å². The van der Waals surface area contributed by atoms with E-state index in [1.807, 2.05) is 37.3 Å². The Hall–Kier alpha value is -2.92. The van der Waals surface area contributed by atoms with Crippen LogP contribution in [0, 0.1) is 0 Å². The molecule has 5 rings (SSSR count). The molecule has 2 aromatic heterocycles. The third-order valence-electron chi connectivity index (χ3n) is 5.58. The van der Waals surface area contributed by atoms with E-state index in [-0.39, 0.29) is 12.2 Å². The van der Waals surface area contributed by atoms with Crippen molar-refractivity contribution < 1.29 is 9.84 Å². The topological polar surface area (TPSA) is 64.4 Å². The van der Waals surface area contributed by atoms with Crippen LogP contribution >= 0.6 is 0 Å². The molecule has 0 radical (unpaired) electrons. The number of pyridine rings is 2. The van der Waals surface area contributed by atoms with Crippen molar-refractivity contribution in [1.29, 1.82) is 0 Å². The van der Waals surface area contributed by atoms with Gasteiger partial charge in [0.2, 0.25) is 0 Å². The largest absolute Gasteiger partial charge is 0.490 e. The van der Waals surface area contributed by atoms with Gasteiger partial charge in [0.05, 0.1) is 29.0 Å². The fourth-order valence-electron chi connectivity index (χ4n) is 4.04. The first-order chi connectivity index (χ1) is 12.5. The molecule has 5 nitrogen and oxygen atoms in total. The van der Waals surface area contributed by atoms with Gasteiger partial charge in [0, 0.05) is 16.5 Å². The molecule has 2 aliphatic rings. The Kier molecular flexibility index (Phi) is 2.98. The fourth-order valence-corrected chi connectivity index (χ4v) is 4.04. The van der Waals surface area contributed by atoms with Crippen molar-refractivity contribution in [2.45, 2.75) is 32.1 Å². The van der Waals surface area contributed by atoms with Crippen molar-refractivity contribution >= 4 is 10.9 Å². The van der Waals surface area contributed by atoms with E-state index in [1.54, 1.807) is 4.57 Å². The number of hydrogen-bond acceptors (Lipinski definition) is 4. The normalized spacial score (nSPS) is 20.5. The van der Waals surface area contributed by atoms with Crippen LogP contribution in [0.5, 0.6) is 0 Å². The first kappa shape index (κ1) is 15.3. The van der Waals surface area contributed by atoms with E-state index < -0.39 is 5.60 Å². The van der Waals surface area contributed by atoms with E-state index in [4.69, 9.17) is 9.72 Å². The van der Waals surface area contributed by atoms with E-state index in [1.165, 1.54) is 0 Å². The van der Waals surface area contributed by atoms with Gasteiger partial charge in [-0.3, -0.25) is 4.79 Å². The highest BCUT2D eigenvalue weighted by atomic mass is 16.5. The van der Waals surface area contributed by atoms with Crippen molar-refractivity contribution in [2.75, 3.05) is 0 Å². The Balaban J connectivity index is 1.81. The Morgan fingerprint density at radius 3 is 2.96 bits per heavy atom. The minimum Gasteiger partial charge on any atom is -0.490 e. The van der Waals surface area contributed by atoms with E-state index >= 15 is 0 Å². The maximum Gasteiger partial charge on any atom is 0.258 e. The summed E-state index contributed by atoms with van der Waals surface area (Å²) >= 11 is 0. The van der Waals surface area contributed by atoms with Crippen molar-refractivity contribution in [3.05, 3.63) is 75.8 Å². The number of ether oxygens (including phenoxy) is 1. The molecule has 0 aliphatic carbocycles.